The molecule has 0 aliphatic heterocycles. The Labute approximate surface area is 178 Å². The predicted octanol–water partition coefficient (Wildman–Crippen LogP) is 3.56. The lowest BCUT2D eigenvalue weighted by Crippen LogP contribution is -2.30. The van der Waals surface area contributed by atoms with E-state index >= 15 is 0 Å². The minimum Gasteiger partial charge on any atom is -0.346 e. The Morgan fingerprint density at radius 2 is 1.50 bits per heavy atom. The van der Waals surface area contributed by atoms with E-state index in [0.29, 0.717) is 30.8 Å². The summed E-state index contributed by atoms with van der Waals surface area (Å²) in [5, 5.41) is 5.68. The van der Waals surface area contributed by atoms with Gasteiger partial charge in [0.15, 0.2) is 0 Å². The number of benzene rings is 2. The number of sulfonamides is 1. The van der Waals surface area contributed by atoms with E-state index in [4.69, 9.17) is 0 Å². The van der Waals surface area contributed by atoms with Gasteiger partial charge in [0.2, 0.25) is 15.9 Å². The maximum Gasteiger partial charge on any atom is 0.251 e. The lowest BCUT2D eigenvalue weighted by molar-refractivity contribution is -0.115. The van der Waals surface area contributed by atoms with Crippen molar-refractivity contribution in [3.05, 3.63) is 59.7 Å². The summed E-state index contributed by atoms with van der Waals surface area (Å²) in [6.07, 6.45) is 0.406. The fraction of sp³-hybridized carbons (Fsp3) is 0.364. The first-order valence-corrected chi connectivity index (χ1v) is 11.5. The summed E-state index contributed by atoms with van der Waals surface area (Å²) in [5.74, 6) is -0.354. The van der Waals surface area contributed by atoms with E-state index in [9.17, 15) is 18.0 Å². The lowest BCUT2D eigenvalue weighted by atomic mass is 10.1. The summed E-state index contributed by atoms with van der Waals surface area (Å²) in [5.41, 5.74) is 1.97. The molecule has 162 valence electrons. The Kier molecular flexibility index (Phi) is 8.14. The van der Waals surface area contributed by atoms with Crippen molar-refractivity contribution in [2.75, 3.05) is 18.4 Å². The van der Waals surface area contributed by atoms with Gasteiger partial charge in [-0.15, -0.1) is 0 Å². The van der Waals surface area contributed by atoms with Crippen molar-refractivity contribution in [2.45, 2.75) is 45.1 Å². The molecule has 30 heavy (non-hydrogen) atoms. The molecule has 0 fully saturated rings. The van der Waals surface area contributed by atoms with Crippen molar-refractivity contribution in [3.8, 4) is 0 Å². The molecule has 0 saturated carbocycles. The number of carbonyl (C=O) groups excluding carboxylic acids is 2. The van der Waals surface area contributed by atoms with Crippen molar-refractivity contribution in [1.29, 1.82) is 0 Å². The van der Waals surface area contributed by atoms with Gasteiger partial charge in [0.25, 0.3) is 5.91 Å². The normalized spacial score (nSPS) is 12.4. The zero-order valence-corrected chi connectivity index (χ0v) is 18.6. The second-order valence-corrected chi connectivity index (χ2v) is 8.77. The molecule has 2 amide bonds. The maximum atomic E-state index is 12.6. The van der Waals surface area contributed by atoms with Gasteiger partial charge < -0.3 is 10.6 Å². The lowest BCUT2D eigenvalue weighted by Gasteiger charge is -2.19. The van der Waals surface area contributed by atoms with E-state index in [2.05, 4.69) is 10.6 Å². The van der Waals surface area contributed by atoms with Gasteiger partial charge >= 0.3 is 0 Å². The van der Waals surface area contributed by atoms with E-state index in [1.807, 2.05) is 19.1 Å². The first kappa shape index (κ1) is 23.6. The maximum absolute atomic E-state index is 12.6. The molecule has 8 heteroatoms. The fourth-order valence-corrected chi connectivity index (χ4v) is 4.42. The average Bonchev–Trinajstić information content (AvgIpc) is 2.74. The third kappa shape index (κ3) is 5.67. The highest BCUT2D eigenvalue weighted by atomic mass is 32.2. The van der Waals surface area contributed by atoms with Gasteiger partial charge in [-0.3, -0.25) is 9.59 Å². The molecule has 1 atom stereocenters. The minimum absolute atomic E-state index is 0.0597. The first-order valence-electron chi connectivity index (χ1n) is 10.0. The van der Waals surface area contributed by atoms with Crippen LogP contribution in [0.1, 0.15) is 56.1 Å². The summed E-state index contributed by atoms with van der Waals surface area (Å²) < 4.78 is 26.5. The van der Waals surface area contributed by atoms with Gasteiger partial charge in [-0.25, -0.2) is 8.42 Å². The Balaban J connectivity index is 2.06. The molecule has 0 aliphatic rings. The van der Waals surface area contributed by atoms with Crippen molar-refractivity contribution >= 4 is 27.5 Å². The number of hydrogen-bond acceptors (Lipinski definition) is 4. The van der Waals surface area contributed by atoms with Crippen LogP contribution in [0.5, 0.6) is 0 Å². The van der Waals surface area contributed by atoms with Crippen LogP contribution in [0, 0.1) is 0 Å². The predicted molar refractivity (Wildman–Crippen MR) is 118 cm³/mol. The molecule has 0 bridgehead atoms. The fourth-order valence-electron chi connectivity index (χ4n) is 2.96. The highest BCUT2D eigenvalue weighted by molar-refractivity contribution is 7.89. The van der Waals surface area contributed by atoms with E-state index in [0.717, 1.165) is 5.56 Å². The Morgan fingerprint density at radius 3 is 2.00 bits per heavy atom. The van der Waals surface area contributed by atoms with Gasteiger partial charge in [0.05, 0.1) is 10.9 Å². The monoisotopic (exact) mass is 431 g/mol. The quantitative estimate of drug-likeness (QED) is 0.635. The molecule has 7 nitrogen and oxygen atoms in total. The van der Waals surface area contributed by atoms with Crippen LogP contribution in [0.3, 0.4) is 0 Å². The Morgan fingerprint density at radius 1 is 0.933 bits per heavy atom. The van der Waals surface area contributed by atoms with E-state index in [1.54, 1.807) is 32.9 Å². The van der Waals surface area contributed by atoms with E-state index in [1.165, 1.54) is 28.6 Å². The van der Waals surface area contributed by atoms with Crippen LogP contribution < -0.4 is 10.6 Å². The SMILES string of the molecule is CCC(=O)Nc1ccc(C(C)NC(=O)c2ccc(S(=O)(=O)N(CC)CC)cc2)cc1. The standard InChI is InChI=1S/C22H29N3O4S/c1-5-21(26)24-19-12-8-17(9-13-19)16(4)23-22(27)18-10-14-20(15-11-18)30(28,29)25(6-2)7-3/h8-16H,5-7H2,1-4H3,(H,23,27)(H,24,26). The average molecular weight is 432 g/mol. The molecule has 0 heterocycles. The van der Waals surface area contributed by atoms with E-state index in [-0.39, 0.29) is 22.8 Å². The highest BCUT2D eigenvalue weighted by Gasteiger charge is 2.22. The number of rotatable bonds is 9. The van der Waals surface area contributed by atoms with Crippen molar-refractivity contribution in [3.63, 3.8) is 0 Å². The zero-order chi connectivity index (χ0) is 22.3. The third-order valence-electron chi connectivity index (χ3n) is 4.82. The van der Waals surface area contributed by atoms with Crippen LogP contribution in [0.2, 0.25) is 0 Å². The summed E-state index contributed by atoms with van der Waals surface area (Å²) in [4.78, 5) is 24.2. The largest absolute Gasteiger partial charge is 0.346 e. The molecule has 2 N–H and O–H groups in total. The molecule has 1 unspecified atom stereocenters. The number of carbonyl (C=O) groups is 2. The summed E-state index contributed by atoms with van der Waals surface area (Å²) in [6.45, 7) is 7.99. The number of nitrogens with zero attached hydrogens (tertiary/aromatic N) is 1. The molecule has 0 aliphatic carbocycles. The molecule has 2 aromatic carbocycles. The highest BCUT2D eigenvalue weighted by Crippen LogP contribution is 2.19. The summed E-state index contributed by atoms with van der Waals surface area (Å²) >= 11 is 0. The number of amides is 2. The second-order valence-electron chi connectivity index (χ2n) is 6.83. The van der Waals surface area contributed by atoms with Gasteiger partial charge in [-0.1, -0.05) is 32.9 Å². The van der Waals surface area contributed by atoms with Gasteiger partial charge in [0.1, 0.15) is 0 Å². The topological polar surface area (TPSA) is 95.6 Å². The van der Waals surface area contributed by atoms with Crippen LogP contribution in [-0.2, 0) is 14.8 Å². The van der Waals surface area contributed by atoms with Gasteiger partial charge in [0, 0.05) is 30.8 Å². The van der Waals surface area contributed by atoms with Crippen LogP contribution in [-0.4, -0.2) is 37.6 Å². The summed E-state index contributed by atoms with van der Waals surface area (Å²) in [7, 11) is -3.55. The number of anilines is 1. The Bertz CT molecular complexity index is 966. The smallest absolute Gasteiger partial charge is 0.251 e. The molecule has 0 aromatic heterocycles. The van der Waals surface area contributed by atoms with Crippen LogP contribution in [0.15, 0.2) is 53.4 Å². The number of hydrogen-bond donors (Lipinski definition) is 2. The van der Waals surface area contributed by atoms with Crippen molar-refractivity contribution in [2.24, 2.45) is 0 Å². The van der Waals surface area contributed by atoms with Gasteiger partial charge in [-0.2, -0.15) is 4.31 Å². The molecule has 0 spiro atoms. The second kappa shape index (κ2) is 10.4. The molecular formula is C22H29N3O4S. The van der Waals surface area contributed by atoms with Crippen LogP contribution in [0.25, 0.3) is 0 Å². The van der Waals surface area contributed by atoms with Crippen molar-refractivity contribution in [1.82, 2.24) is 9.62 Å². The van der Waals surface area contributed by atoms with E-state index < -0.39 is 10.0 Å². The van der Waals surface area contributed by atoms with Crippen molar-refractivity contribution < 1.29 is 18.0 Å². The first-order chi connectivity index (χ1) is 14.2. The number of nitrogens with one attached hydrogen (secondary N) is 2. The molecular weight excluding hydrogens is 402 g/mol. The molecule has 0 saturated heterocycles. The van der Waals surface area contributed by atoms with Crippen LogP contribution >= 0.6 is 0 Å². The minimum atomic E-state index is -3.55. The summed E-state index contributed by atoms with van der Waals surface area (Å²) in [6, 6.07) is 13.0. The van der Waals surface area contributed by atoms with Gasteiger partial charge in [-0.05, 0) is 48.9 Å². The third-order valence-corrected chi connectivity index (χ3v) is 6.89. The molecule has 2 aromatic rings. The zero-order valence-electron chi connectivity index (χ0n) is 17.8. The molecule has 2 rings (SSSR count). The molecule has 0 radical (unpaired) electrons. The van der Waals surface area contributed by atoms with Crippen LogP contribution in [0.4, 0.5) is 5.69 Å². The Hall–Kier alpha value is -2.71.